The number of aromatic nitrogens is 1. The SMILES string of the molecule is CC1=C(NC(=O)c2noc(C3CC=CC(C)O3)c2C)C(O)N(C2CCCCC2)N1C. The molecule has 8 nitrogen and oxygen atoms in total. The van der Waals surface area contributed by atoms with Crippen molar-refractivity contribution in [3.8, 4) is 0 Å². The number of hydrogen-bond donors (Lipinski definition) is 2. The van der Waals surface area contributed by atoms with E-state index in [4.69, 9.17) is 9.26 Å². The normalized spacial score (nSPS) is 28.4. The van der Waals surface area contributed by atoms with E-state index in [-0.39, 0.29) is 29.9 Å². The summed E-state index contributed by atoms with van der Waals surface area (Å²) in [7, 11) is 1.93. The van der Waals surface area contributed by atoms with Crippen LogP contribution >= 0.6 is 0 Å². The van der Waals surface area contributed by atoms with Gasteiger partial charge in [-0.05, 0) is 40.0 Å². The van der Waals surface area contributed by atoms with E-state index in [1.807, 2.05) is 43.9 Å². The number of aliphatic hydroxyl groups excluding tert-OH is 1. The van der Waals surface area contributed by atoms with Crippen molar-refractivity contribution in [1.82, 2.24) is 20.5 Å². The average molecular weight is 417 g/mol. The van der Waals surface area contributed by atoms with Gasteiger partial charge in [-0.3, -0.25) is 4.79 Å². The summed E-state index contributed by atoms with van der Waals surface area (Å²) in [5.41, 5.74) is 2.23. The third-order valence-corrected chi connectivity index (χ3v) is 6.53. The third kappa shape index (κ3) is 3.79. The van der Waals surface area contributed by atoms with E-state index in [0.717, 1.165) is 18.5 Å². The summed E-state index contributed by atoms with van der Waals surface area (Å²) in [5.74, 6) is 0.198. The molecule has 1 aromatic rings. The van der Waals surface area contributed by atoms with Crippen molar-refractivity contribution >= 4 is 5.91 Å². The summed E-state index contributed by atoms with van der Waals surface area (Å²) < 4.78 is 11.4. The van der Waals surface area contributed by atoms with Crippen molar-refractivity contribution in [3.05, 3.63) is 40.6 Å². The maximum atomic E-state index is 13.0. The molecule has 2 N–H and O–H groups in total. The lowest BCUT2D eigenvalue weighted by Gasteiger charge is -2.38. The highest BCUT2D eigenvalue weighted by Crippen LogP contribution is 2.34. The fourth-order valence-corrected chi connectivity index (χ4v) is 4.74. The average Bonchev–Trinajstić information content (AvgIpc) is 3.22. The minimum Gasteiger partial charge on any atom is -0.371 e. The number of rotatable bonds is 4. The molecule has 1 aromatic heterocycles. The molecule has 3 unspecified atom stereocenters. The molecule has 4 rings (SSSR count). The molecule has 30 heavy (non-hydrogen) atoms. The molecule has 1 aliphatic carbocycles. The zero-order valence-corrected chi connectivity index (χ0v) is 18.2. The van der Waals surface area contributed by atoms with E-state index >= 15 is 0 Å². The van der Waals surface area contributed by atoms with Gasteiger partial charge < -0.3 is 24.7 Å². The van der Waals surface area contributed by atoms with Crippen molar-refractivity contribution in [2.24, 2.45) is 0 Å². The Bertz CT molecular complexity index is 855. The number of carbonyl (C=O) groups is 1. The molecule has 164 valence electrons. The molecule has 1 amide bonds. The van der Waals surface area contributed by atoms with E-state index in [0.29, 0.717) is 23.4 Å². The highest BCUT2D eigenvalue weighted by molar-refractivity contribution is 5.95. The molecule has 0 radical (unpaired) electrons. The number of carbonyl (C=O) groups excluding carboxylic acids is 1. The standard InChI is InChI=1S/C22H32N4O4/c1-13-9-8-12-17(29-13)20-14(2)18(24-30-20)21(27)23-19-15(3)25(4)26(22(19)28)16-10-6-5-7-11-16/h8-9,13,16-17,22,28H,5-7,10-12H2,1-4H3,(H,23,27). The summed E-state index contributed by atoms with van der Waals surface area (Å²) in [4.78, 5) is 13.0. The molecule has 8 heteroatoms. The van der Waals surface area contributed by atoms with E-state index < -0.39 is 6.23 Å². The Balaban J connectivity index is 1.49. The molecule has 1 fully saturated rings. The van der Waals surface area contributed by atoms with Gasteiger partial charge in [0.05, 0.1) is 11.8 Å². The fourth-order valence-electron chi connectivity index (χ4n) is 4.74. The lowest BCUT2D eigenvalue weighted by Crippen LogP contribution is -2.49. The molecule has 3 aliphatic rings. The van der Waals surface area contributed by atoms with Crippen molar-refractivity contribution in [3.63, 3.8) is 0 Å². The van der Waals surface area contributed by atoms with Gasteiger partial charge in [-0.1, -0.05) is 36.6 Å². The van der Waals surface area contributed by atoms with Gasteiger partial charge in [0, 0.05) is 24.4 Å². The third-order valence-electron chi connectivity index (χ3n) is 6.53. The van der Waals surface area contributed by atoms with Gasteiger partial charge in [0.25, 0.3) is 5.91 Å². The minimum absolute atomic E-state index is 0.00623. The van der Waals surface area contributed by atoms with Crippen molar-refractivity contribution in [1.29, 1.82) is 0 Å². The molecular weight excluding hydrogens is 384 g/mol. The molecule has 3 atom stereocenters. The summed E-state index contributed by atoms with van der Waals surface area (Å²) in [5, 5.41) is 21.8. The van der Waals surface area contributed by atoms with Gasteiger partial charge in [0.1, 0.15) is 6.10 Å². The summed E-state index contributed by atoms with van der Waals surface area (Å²) >= 11 is 0. The molecule has 0 saturated heterocycles. The first-order valence-electron chi connectivity index (χ1n) is 10.9. The molecule has 1 saturated carbocycles. The van der Waals surface area contributed by atoms with Crippen LogP contribution < -0.4 is 5.32 Å². The molecule has 0 aromatic carbocycles. The van der Waals surface area contributed by atoms with Crippen LogP contribution in [0.25, 0.3) is 0 Å². The van der Waals surface area contributed by atoms with Crippen LogP contribution in [0, 0.1) is 6.92 Å². The van der Waals surface area contributed by atoms with Crippen LogP contribution in [0.1, 0.15) is 80.3 Å². The minimum atomic E-state index is -0.874. The Morgan fingerprint density at radius 3 is 2.70 bits per heavy atom. The first kappa shape index (κ1) is 21.1. The van der Waals surface area contributed by atoms with Gasteiger partial charge in [-0.15, -0.1) is 0 Å². The number of amides is 1. The van der Waals surface area contributed by atoms with E-state index in [2.05, 4.69) is 16.5 Å². The van der Waals surface area contributed by atoms with Crippen LogP contribution in [0.4, 0.5) is 0 Å². The number of ether oxygens (including phenoxy) is 1. The number of hydrogen-bond acceptors (Lipinski definition) is 7. The molecular formula is C22H32N4O4. The van der Waals surface area contributed by atoms with Gasteiger partial charge in [0.2, 0.25) is 0 Å². The summed E-state index contributed by atoms with van der Waals surface area (Å²) in [6.07, 6.45) is 9.30. The Labute approximate surface area is 177 Å². The molecule has 2 aliphatic heterocycles. The van der Waals surface area contributed by atoms with Gasteiger partial charge in [-0.2, -0.15) is 5.01 Å². The monoisotopic (exact) mass is 416 g/mol. The predicted octanol–water partition coefficient (Wildman–Crippen LogP) is 3.16. The number of nitrogens with one attached hydrogen (secondary N) is 1. The molecule has 0 spiro atoms. The van der Waals surface area contributed by atoms with Crippen molar-refractivity contribution in [2.75, 3.05) is 7.05 Å². The van der Waals surface area contributed by atoms with Gasteiger partial charge >= 0.3 is 0 Å². The van der Waals surface area contributed by atoms with Crippen LogP contribution in [0.3, 0.4) is 0 Å². The smallest absolute Gasteiger partial charge is 0.278 e. The van der Waals surface area contributed by atoms with Crippen molar-refractivity contribution < 1.29 is 19.2 Å². The molecule has 0 bridgehead atoms. The molecule has 3 heterocycles. The first-order chi connectivity index (χ1) is 14.4. The largest absolute Gasteiger partial charge is 0.371 e. The Morgan fingerprint density at radius 1 is 1.27 bits per heavy atom. The summed E-state index contributed by atoms with van der Waals surface area (Å²) in [6, 6.07) is 0.280. The van der Waals surface area contributed by atoms with Crippen molar-refractivity contribution in [2.45, 2.75) is 83.8 Å². The number of allylic oxidation sites excluding steroid dienone is 1. The predicted molar refractivity (Wildman–Crippen MR) is 111 cm³/mol. The Kier molecular flexibility index (Phi) is 5.99. The lowest BCUT2D eigenvalue weighted by molar-refractivity contribution is -0.106. The summed E-state index contributed by atoms with van der Waals surface area (Å²) in [6.45, 7) is 5.69. The van der Waals surface area contributed by atoms with Crippen LogP contribution in [0.5, 0.6) is 0 Å². The second kappa shape index (κ2) is 8.53. The zero-order valence-electron chi connectivity index (χ0n) is 18.2. The number of hydrazine groups is 1. The van der Waals surface area contributed by atoms with E-state index in [1.165, 1.54) is 19.3 Å². The van der Waals surface area contributed by atoms with Gasteiger partial charge in [-0.25, -0.2) is 0 Å². The Hall–Kier alpha value is -2.16. The van der Waals surface area contributed by atoms with Crippen LogP contribution in [0.15, 0.2) is 28.1 Å². The topological polar surface area (TPSA) is 91.1 Å². The maximum absolute atomic E-state index is 13.0. The second-order valence-electron chi connectivity index (χ2n) is 8.54. The lowest BCUT2D eigenvalue weighted by atomic mass is 9.95. The fraction of sp³-hybridized carbons (Fsp3) is 0.636. The van der Waals surface area contributed by atoms with Gasteiger partial charge in [0.15, 0.2) is 17.7 Å². The van der Waals surface area contributed by atoms with E-state index in [9.17, 15) is 9.90 Å². The second-order valence-corrected chi connectivity index (χ2v) is 8.54. The van der Waals surface area contributed by atoms with Crippen LogP contribution in [0.2, 0.25) is 0 Å². The first-order valence-corrected chi connectivity index (χ1v) is 10.9. The Morgan fingerprint density at radius 2 is 2.00 bits per heavy atom. The highest BCUT2D eigenvalue weighted by atomic mass is 16.5. The van der Waals surface area contributed by atoms with Crippen LogP contribution in [-0.2, 0) is 4.74 Å². The quantitative estimate of drug-likeness (QED) is 0.729. The maximum Gasteiger partial charge on any atom is 0.278 e. The number of nitrogens with zero attached hydrogens (tertiary/aromatic N) is 3. The number of aliphatic hydroxyl groups is 1. The van der Waals surface area contributed by atoms with E-state index in [1.54, 1.807) is 0 Å². The highest BCUT2D eigenvalue weighted by Gasteiger charge is 2.40. The van der Waals surface area contributed by atoms with Crippen LogP contribution in [-0.4, -0.2) is 51.6 Å². The zero-order chi connectivity index (χ0) is 21.4.